The molecule has 0 saturated carbocycles. The average Bonchev–Trinajstić information content (AvgIpc) is 2.92. The lowest BCUT2D eigenvalue weighted by Crippen LogP contribution is -2.52. The average molecular weight is 662 g/mol. The van der Waals surface area contributed by atoms with Crippen LogP contribution in [-0.2, 0) is 26.2 Å². The van der Waals surface area contributed by atoms with E-state index in [1.54, 1.807) is 42.5 Å². The number of aryl methyl sites for hydroxylation is 1. The first-order chi connectivity index (χ1) is 18.7. The van der Waals surface area contributed by atoms with Gasteiger partial charge in [0.15, 0.2) is 0 Å². The summed E-state index contributed by atoms with van der Waals surface area (Å²) >= 11 is 2.15. The zero-order valence-electron chi connectivity index (χ0n) is 22.6. The van der Waals surface area contributed by atoms with E-state index in [1.165, 1.54) is 17.0 Å². The fraction of sp³-hybridized carbons (Fsp3) is 0.333. The third kappa shape index (κ3) is 8.28. The lowest BCUT2D eigenvalue weighted by molar-refractivity contribution is -0.140. The SMILES string of the molecule is CCCCNC(=O)[C@@H](CC)N(Cc1cccc(C)c1)C(=O)CN(c1ccc(I)cc1)S(=O)(=O)c1ccccc1. The molecule has 0 aliphatic heterocycles. The quantitative estimate of drug-likeness (QED) is 0.193. The van der Waals surface area contributed by atoms with Gasteiger partial charge in [-0.1, -0.05) is 68.3 Å². The molecule has 0 aliphatic carbocycles. The van der Waals surface area contributed by atoms with E-state index in [2.05, 4.69) is 27.9 Å². The Morgan fingerprint density at radius 1 is 0.949 bits per heavy atom. The van der Waals surface area contributed by atoms with E-state index in [1.807, 2.05) is 45.0 Å². The topological polar surface area (TPSA) is 86.8 Å². The smallest absolute Gasteiger partial charge is 0.264 e. The number of sulfonamides is 1. The summed E-state index contributed by atoms with van der Waals surface area (Å²) in [5.74, 6) is -0.689. The van der Waals surface area contributed by atoms with E-state index in [0.717, 1.165) is 31.8 Å². The Kier molecular flexibility index (Phi) is 11.4. The van der Waals surface area contributed by atoms with E-state index in [-0.39, 0.29) is 17.3 Å². The molecule has 0 radical (unpaired) electrons. The van der Waals surface area contributed by atoms with Crippen LogP contribution in [0.25, 0.3) is 0 Å². The predicted octanol–water partition coefficient (Wildman–Crippen LogP) is 5.52. The Labute approximate surface area is 245 Å². The lowest BCUT2D eigenvalue weighted by atomic mass is 10.1. The third-order valence-electron chi connectivity index (χ3n) is 6.38. The first-order valence-corrected chi connectivity index (χ1v) is 15.6. The summed E-state index contributed by atoms with van der Waals surface area (Å²) in [6.45, 7) is 6.14. The Morgan fingerprint density at radius 2 is 1.64 bits per heavy atom. The Bertz CT molecular complexity index is 1350. The van der Waals surface area contributed by atoms with Gasteiger partial charge in [0.1, 0.15) is 12.6 Å². The van der Waals surface area contributed by atoms with E-state index < -0.39 is 28.5 Å². The number of hydrogen-bond acceptors (Lipinski definition) is 4. The molecule has 1 N–H and O–H groups in total. The van der Waals surface area contributed by atoms with Gasteiger partial charge in [0.05, 0.1) is 10.6 Å². The first-order valence-electron chi connectivity index (χ1n) is 13.1. The van der Waals surface area contributed by atoms with Gasteiger partial charge in [-0.05, 0) is 84.3 Å². The van der Waals surface area contributed by atoms with Gasteiger partial charge < -0.3 is 10.2 Å². The fourth-order valence-electron chi connectivity index (χ4n) is 4.29. The van der Waals surface area contributed by atoms with Crippen LogP contribution in [0.2, 0.25) is 0 Å². The summed E-state index contributed by atoms with van der Waals surface area (Å²) < 4.78 is 29.7. The van der Waals surface area contributed by atoms with Crippen LogP contribution in [0.4, 0.5) is 5.69 Å². The standard InChI is InChI=1S/C30H36IN3O4S/c1-4-6-19-32-30(36)28(5-2)33(21-24-12-10-11-23(3)20-24)29(35)22-34(26-17-15-25(31)16-18-26)39(37,38)27-13-8-7-9-14-27/h7-18,20,28H,4-6,19,21-22H2,1-3H3,(H,32,36)/t28-/m1/s1. The predicted molar refractivity (Wildman–Crippen MR) is 164 cm³/mol. The molecule has 0 unspecified atom stereocenters. The maximum atomic E-state index is 14.0. The molecule has 3 aromatic carbocycles. The van der Waals surface area contributed by atoms with Crippen molar-refractivity contribution < 1.29 is 18.0 Å². The fourth-order valence-corrected chi connectivity index (χ4v) is 6.08. The number of anilines is 1. The number of amides is 2. The molecule has 7 nitrogen and oxygen atoms in total. The number of nitrogens with zero attached hydrogens (tertiary/aromatic N) is 2. The summed E-state index contributed by atoms with van der Waals surface area (Å²) in [6.07, 6.45) is 2.17. The molecule has 0 bridgehead atoms. The number of halogens is 1. The Morgan fingerprint density at radius 3 is 2.26 bits per heavy atom. The monoisotopic (exact) mass is 661 g/mol. The maximum absolute atomic E-state index is 14.0. The second-order valence-corrected chi connectivity index (χ2v) is 12.5. The van der Waals surface area contributed by atoms with E-state index >= 15 is 0 Å². The van der Waals surface area contributed by atoms with Crippen molar-refractivity contribution in [2.45, 2.75) is 57.5 Å². The van der Waals surface area contributed by atoms with Crippen LogP contribution in [0, 0.1) is 10.5 Å². The van der Waals surface area contributed by atoms with Gasteiger partial charge in [-0.3, -0.25) is 13.9 Å². The molecule has 0 aromatic heterocycles. The summed E-state index contributed by atoms with van der Waals surface area (Å²) in [7, 11) is -4.06. The molecular formula is C30H36IN3O4S. The van der Waals surface area contributed by atoms with Crippen LogP contribution in [-0.4, -0.2) is 44.3 Å². The molecule has 0 heterocycles. The van der Waals surface area contributed by atoms with Crippen molar-refractivity contribution in [3.63, 3.8) is 0 Å². The van der Waals surface area contributed by atoms with Gasteiger partial charge >= 0.3 is 0 Å². The number of carbonyl (C=O) groups excluding carboxylic acids is 2. The summed E-state index contributed by atoms with van der Waals surface area (Å²) in [5.41, 5.74) is 2.28. The van der Waals surface area contributed by atoms with Crippen molar-refractivity contribution in [1.82, 2.24) is 10.2 Å². The third-order valence-corrected chi connectivity index (χ3v) is 8.88. The Hall–Kier alpha value is -2.92. The highest BCUT2D eigenvalue weighted by Crippen LogP contribution is 2.25. The highest BCUT2D eigenvalue weighted by atomic mass is 127. The molecule has 39 heavy (non-hydrogen) atoms. The van der Waals surface area contributed by atoms with Crippen LogP contribution in [0.5, 0.6) is 0 Å². The molecule has 2 amide bonds. The van der Waals surface area contributed by atoms with Gasteiger partial charge in [0.2, 0.25) is 11.8 Å². The van der Waals surface area contributed by atoms with Gasteiger partial charge in [-0.2, -0.15) is 0 Å². The minimum Gasteiger partial charge on any atom is -0.354 e. The molecule has 1 atom stereocenters. The van der Waals surface area contributed by atoms with E-state index in [9.17, 15) is 18.0 Å². The number of carbonyl (C=O) groups is 2. The Balaban J connectivity index is 2.02. The number of nitrogens with one attached hydrogen (secondary N) is 1. The second-order valence-electron chi connectivity index (χ2n) is 9.38. The summed E-state index contributed by atoms with van der Waals surface area (Å²) in [6, 6.07) is 22.1. The van der Waals surface area contributed by atoms with Crippen molar-refractivity contribution in [1.29, 1.82) is 0 Å². The van der Waals surface area contributed by atoms with Crippen LogP contribution in [0.15, 0.2) is 83.8 Å². The summed E-state index contributed by atoms with van der Waals surface area (Å²) in [5, 5.41) is 2.95. The molecule has 0 saturated heterocycles. The molecule has 9 heteroatoms. The molecular weight excluding hydrogens is 625 g/mol. The lowest BCUT2D eigenvalue weighted by Gasteiger charge is -2.33. The van der Waals surface area contributed by atoms with Crippen LogP contribution in [0.1, 0.15) is 44.2 Å². The largest absolute Gasteiger partial charge is 0.354 e. The van der Waals surface area contributed by atoms with Crippen LogP contribution in [0.3, 0.4) is 0 Å². The molecule has 3 rings (SSSR count). The van der Waals surface area contributed by atoms with E-state index in [0.29, 0.717) is 18.7 Å². The zero-order valence-corrected chi connectivity index (χ0v) is 25.6. The molecule has 0 spiro atoms. The van der Waals surface area contributed by atoms with Crippen LogP contribution < -0.4 is 9.62 Å². The normalized spacial score (nSPS) is 12.0. The van der Waals surface area contributed by atoms with Crippen molar-refractivity contribution >= 4 is 50.1 Å². The van der Waals surface area contributed by atoms with Gasteiger partial charge in [-0.15, -0.1) is 0 Å². The minimum absolute atomic E-state index is 0.0888. The zero-order chi connectivity index (χ0) is 28.4. The number of hydrogen-bond donors (Lipinski definition) is 1. The first kappa shape index (κ1) is 30.6. The molecule has 208 valence electrons. The number of rotatable bonds is 13. The molecule has 0 aliphatic rings. The number of benzene rings is 3. The van der Waals surface area contributed by atoms with Crippen molar-refractivity contribution in [3.05, 3.63) is 93.6 Å². The molecule has 0 fully saturated rings. The van der Waals surface area contributed by atoms with Gasteiger partial charge in [0, 0.05) is 16.7 Å². The second kappa shape index (κ2) is 14.5. The number of unbranched alkanes of at least 4 members (excludes halogenated alkanes) is 1. The highest BCUT2D eigenvalue weighted by Gasteiger charge is 2.33. The maximum Gasteiger partial charge on any atom is 0.264 e. The van der Waals surface area contributed by atoms with Crippen molar-refractivity contribution in [2.24, 2.45) is 0 Å². The summed E-state index contributed by atoms with van der Waals surface area (Å²) in [4.78, 5) is 28.9. The van der Waals surface area contributed by atoms with Crippen molar-refractivity contribution in [3.8, 4) is 0 Å². The van der Waals surface area contributed by atoms with Crippen LogP contribution >= 0.6 is 22.6 Å². The van der Waals surface area contributed by atoms with Gasteiger partial charge in [0.25, 0.3) is 10.0 Å². The van der Waals surface area contributed by atoms with E-state index in [4.69, 9.17) is 0 Å². The van der Waals surface area contributed by atoms with Gasteiger partial charge in [-0.25, -0.2) is 8.42 Å². The minimum atomic E-state index is -4.06. The van der Waals surface area contributed by atoms with Crippen molar-refractivity contribution in [2.75, 3.05) is 17.4 Å². The highest BCUT2D eigenvalue weighted by molar-refractivity contribution is 14.1. The molecule has 3 aromatic rings.